The smallest absolute Gasteiger partial charge is 0.307 e. The lowest BCUT2D eigenvalue weighted by atomic mass is 10.0. The maximum atomic E-state index is 13.4. The number of aliphatic carboxylic acids is 1. The quantitative estimate of drug-likeness (QED) is 0.106. The summed E-state index contributed by atoms with van der Waals surface area (Å²) in [6.07, 6.45) is -4.32. The van der Waals surface area contributed by atoms with Crippen LogP contribution in [-0.4, -0.2) is 92.2 Å². The Balaban J connectivity index is 0.000000403. The number of aldehydes is 1. The van der Waals surface area contributed by atoms with E-state index in [9.17, 15) is 34.5 Å². The molecule has 0 aliphatic rings. The van der Waals surface area contributed by atoms with E-state index in [4.69, 9.17) is 26.6 Å². The van der Waals surface area contributed by atoms with Crippen molar-refractivity contribution in [2.24, 2.45) is 5.92 Å². The van der Waals surface area contributed by atoms with E-state index in [0.717, 1.165) is 12.0 Å². The molecule has 4 rings (SSSR count). The van der Waals surface area contributed by atoms with Gasteiger partial charge in [0.25, 0.3) is 5.91 Å². The topological polar surface area (TPSA) is 196 Å². The SMILES string of the molecule is CC(C)Cc1ccc(CC(=O)O)cc1.COc1ccc2c(c1)c(CC(=O)N[C@@H](C=O)[C@@H](O)[C@H](O)[C@H](O)CO)c(C)n2C(=O)c1ccc(Cl)cc1. The molecule has 0 radical (unpaired) electrons. The summed E-state index contributed by atoms with van der Waals surface area (Å²) in [6.45, 7) is 5.17. The number of methoxy groups -OCH3 is 1. The van der Waals surface area contributed by atoms with Crippen LogP contribution in [0.4, 0.5) is 0 Å². The third-order valence-electron chi connectivity index (χ3n) is 7.97. The van der Waals surface area contributed by atoms with Gasteiger partial charge >= 0.3 is 5.97 Å². The number of aliphatic hydroxyl groups excluding tert-OH is 4. The highest BCUT2D eigenvalue weighted by atomic mass is 35.5. The Morgan fingerprint density at radius 1 is 0.920 bits per heavy atom. The number of aliphatic hydroxyl groups is 4. The maximum Gasteiger partial charge on any atom is 0.307 e. The molecule has 0 fully saturated rings. The number of amides is 1. The summed E-state index contributed by atoms with van der Waals surface area (Å²) in [6, 6.07) is 17.7. The molecule has 0 bridgehead atoms. The molecule has 0 saturated carbocycles. The fourth-order valence-corrected chi connectivity index (χ4v) is 5.51. The first kappa shape index (κ1) is 39.8. The number of rotatable bonds is 14. The average Bonchev–Trinajstić information content (AvgIpc) is 3.36. The number of hydrogen-bond donors (Lipinski definition) is 6. The molecule has 4 atom stereocenters. The molecule has 6 N–H and O–H groups in total. The Labute approximate surface area is 294 Å². The summed E-state index contributed by atoms with van der Waals surface area (Å²) in [7, 11) is 1.48. The van der Waals surface area contributed by atoms with Gasteiger partial charge in [0.05, 0.1) is 32.1 Å². The third-order valence-corrected chi connectivity index (χ3v) is 8.22. The molecule has 268 valence electrons. The van der Waals surface area contributed by atoms with E-state index in [1.165, 1.54) is 17.2 Å². The minimum Gasteiger partial charge on any atom is -0.497 e. The zero-order chi connectivity index (χ0) is 37.1. The van der Waals surface area contributed by atoms with Gasteiger partial charge in [0.15, 0.2) is 0 Å². The lowest BCUT2D eigenvalue weighted by Gasteiger charge is -2.26. The van der Waals surface area contributed by atoms with Crippen LogP contribution in [0, 0.1) is 12.8 Å². The molecule has 1 aromatic heterocycles. The standard InChI is InChI=1S/C25H27ClN2O8.C12H16O2/c1-13-17(10-22(32)27-19(11-29)23(33)24(34)21(31)12-30)18-9-16(36-2)7-8-20(18)28(13)25(35)14-3-5-15(26)6-4-14;1-9(2)7-10-3-5-11(6-4-10)8-12(13)14/h3-9,11,19,21,23-24,30-31,33-34H,10,12H2,1-2H3,(H,27,32);3-6,9H,7-8H2,1-2H3,(H,13,14)/t19-,21+,23+,24+;/m0./s1. The Morgan fingerprint density at radius 2 is 1.54 bits per heavy atom. The van der Waals surface area contributed by atoms with Crippen LogP contribution in [0.2, 0.25) is 5.02 Å². The summed E-state index contributed by atoms with van der Waals surface area (Å²) < 4.78 is 6.77. The third kappa shape index (κ3) is 10.5. The molecular weight excluding hydrogens is 668 g/mol. The summed E-state index contributed by atoms with van der Waals surface area (Å²) >= 11 is 5.94. The van der Waals surface area contributed by atoms with E-state index in [-0.39, 0.29) is 25.0 Å². The van der Waals surface area contributed by atoms with Crippen LogP contribution in [0.5, 0.6) is 5.75 Å². The average molecular weight is 711 g/mol. The zero-order valence-corrected chi connectivity index (χ0v) is 29.0. The van der Waals surface area contributed by atoms with E-state index in [0.29, 0.717) is 44.4 Å². The van der Waals surface area contributed by atoms with Crippen molar-refractivity contribution in [3.63, 3.8) is 0 Å². The Hall–Kier alpha value is -4.59. The van der Waals surface area contributed by atoms with Crippen molar-refractivity contribution in [1.29, 1.82) is 0 Å². The predicted octanol–water partition coefficient (Wildman–Crippen LogP) is 3.11. The van der Waals surface area contributed by atoms with Crippen molar-refractivity contribution in [2.45, 2.75) is 64.4 Å². The van der Waals surface area contributed by atoms with E-state index >= 15 is 0 Å². The molecule has 12 nitrogen and oxygen atoms in total. The summed E-state index contributed by atoms with van der Waals surface area (Å²) in [5, 5.41) is 50.5. The number of fused-ring (bicyclic) bond motifs is 1. The minimum absolute atomic E-state index is 0.113. The number of carbonyl (C=O) groups excluding carboxylic acids is 3. The Morgan fingerprint density at radius 3 is 2.08 bits per heavy atom. The Bertz CT molecular complexity index is 1770. The maximum absolute atomic E-state index is 13.4. The molecule has 1 amide bonds. The van der Waals surface area contributed by atoms with Crippen LogP contribution in [0.25, 0.3) is 10.9 Å². The lowest BCUT2D eigenvalue weighted by molar-refractivity contribution is -0.136. The fraction of sp³-hybridized carbons (Fsp3) is 0.351. The molecule has 50 heavy (non-hydrogen) atoms. The van der Waals surface area contributed by atoms with Gasteiger partial charge in [-0.15, -0.1) is 0 Å². The second-order valence-electron chi connectivity index (χ2n) is 12.2. The summed E-state index contributed by atoms with van der Waals surface area (Å²) in [4.78, 5) is 48.1. The molecule has 1 heterocycles. The van der Waals surface area contributed by atoms with Gasteiger partial charge < -0.3 is 40.4 Å². The van der Waals surface area contributed by atoms with Crippen LogP contribution in [0.1, 0.15) is 46.6 Å². The van der Waals surface area contributed by atoms with Gasteiger partial charge in [-0.05, 0) is 78.4 Å². The van der Waals surface area contributed by atoms with Crippen molar-refractivity contribution in [3.05, 3.63) is 99.7 Å². The van der Waals surface area contributed by atoms with Gasteiger partial charge in [-0.1, -0.05) is 49.7 Å². The van der Waals surface area contributed by atoms with Gasteiger partial charge in [-0.3, -0.25) is 19.0 Å². The molecular formula is C37H43ClN2O10. The fourth-order valence-electron chi connectivity index (χ4n) is 5.38. The number of aromatic nitrogens is 1. The minimum atomic E-state index is -1.87. The highest BCUT2D eigenvalue weighted by Gasteiger charge is 2.32. The van der Waals surface area contributed by atoms with Gasteiger partial charge in [-0.25, -0.2) is 0 Å². The summed E-state index contributed by atoms with van der Waals surface area (Å²) in [5.74, 6) is -0.654. The van der Waals surface area contributed by atoms with Crippen molar-refractivity contribution in [2.75, 3.05) is 13.7 Å². The van der Waals surface area contributed by atoms with Crippen molar-refractivity contribution in [1.82, 2.24) is 9.88 Å². The van der Waals surface area contributed by atoms with Gasteiger partial charge in [0.2, 0.25) is 5.91 Å². The largest absolute Gasteiger partial charge is 0.497 e. The van der Waals surface area contributed by atoms with E-state index in [1.807, 2.05) is 24.3 Å². The number of halogens is 1. The zero-order valence-electron chi connectivity index (χ0n) is 28.2. The second-order valence-corrected chi connectivity index (χ2v) is 12.7. The first-order valence-corrected chi connectivity index (χ1v) is 16.3. The second kappa shape index (κ2) is 18.4. The Kier molecular flexibility index (Phi) is 14.7. The molecule has 3 aromatic carbocycles. The van der Waals surface area contributed by atoms with Crippen molar-refractivity contribution >= 4 is 46.6 Å². The van der Waals surface area contributed by atoms with Crippen LogP contribution in [-0.2, 0) is 33.6 Å². The van der Waals surface area contributed by atoms with Gasteiger partial charge in [-0.2, -0.15) is 0 Å². The molecule has 0 spiro atoms. The highest BCUT2D eigenvalue weighted by molar-refractivity contribution is 6.30. The predicted molar refractivity (Wildman–Crippen MR) is 188 cm³/mol. The first-order chi connectivity index (χ1) is 23.7. The number of benzene rings is 3. The molecule has 0 saturated heterocycles. The van der Waals surface area contributed by atoms with E-state index in [1.54, 1.807) is 49.4 Å². The number of carboxylic acids is 1. The summed E-state index contributed by atoms with van der Waals surface area (Å²) in [5.41, 5.74) is 4.02. The van der Waals surface area contributed by atoms with E-state index < -0.39 is 42.8 Å². The van der Waals surface area contributed by atoms with Crippen molar-refractivity contribution < 1.29 is 49.4 Å². The molecule has 0 aliphatic carbocycles. The molecule has 4 aromatic rings. The molecule has 13 heteroatoms. The van der Waals surface area contributed by atoms with Gasteiger partial charge in [0.1, 0.15) is 36.4 Å². The normalized spacial score (nSPS) is 13.5. The van der Waals surface area contributed by atoms with Crippen LogP contribution in [0.15, 0.2) is 66.7 Å². The molecule has 0 aliphatic heterocycles. The molecule has 0 unspecified atom stereocenters. The number of carboxylic acid groups (broad SMARTS) is 1. The van der Waals surface area contributed by atoms with Crippen LogP contribution >= 0.6 is 11.6 Å². The van der Waals surface area contributed by atoms with Crippen LogP contribution in [0.3, 0.4) is 0 Å². The number of carbonyl (C=O) groups is 4. The van der Waals surface area contributed by atoms with Crippen molar-refractivity contribution in [3.8, 4) is 5.75 Å². The highest BCUT2D eigenvalue weighted by Crippen LogP contribution is 2.31. The number of nitrogens with one attached hydrogen (secondary N) is 1. The number of nitrogens with zero attached hydrogens (tertiary/aromatic N) is 1. The monoisotopic (exact) mass is 710 g/mol. The number of hydrogen-bond acceptors (Lipinski definition) is 9. The van der Waals surface area contributed by atoms with E-state index in [2.05, 4.69) is 19.2 Å². The number of ether oxygens (including phenoxy) is 1. The van der Waals surface area contributed by atoms with Gasteiger partial charge in [0, 0.05) is 21.7 Å². The van der Waals surface area contributed by atoms with Crippen LogP contribution < -0.4 is 10.1 Å². The lowest BCUT2D eigenvalue weighted by Crippen LogP contribution is -2.53. The first-order valence-electron chi connectivity index (χ1n) is 15.9.